The zero-order valence-electron chi connectivity index (χ0n) is 12.6. The lowest BCUT2D eigenvalue weighted by molar-refractivity contribution is 0.0462. The Kier molecular flexibility index (Phi) is 4.61. The highest BCUT2D eigenvalue weighted by Gasteiger charge is 2.26. The number of esters is 1. The van der Waals surface area contributed by atoms with E-state index in [2.05, 4.69) is 20.3 Å². The fourth-order valence-corrected chi connectivity index (χ4v) is 2.05. The van der Waals surface area contributed by atoms with Crippen LogP contribution < -0.4 is 0 Å². The SMILES string of the molecule is O=C(OCc1c(F)c(F)c(F)c(F)c1F)c1cccc(-n2cnnn2)c1. The summed E-state index contributed by atoms with van der Waals surface area (Å²) in [5.74, 6) is -11.7. The number of carbonyl (C=O) groups excluding carboxylic acids is 1. The first-order chi connectivity index (χ1) is 12.4. The molecule has 0 amide bonds. The summed E-state index contributed by atoms with van der Waals surface area (Å²) in [7, 11) is 0. The first-order valence-electron chi connectivity index (χ1n) is 6.91. The van der Waals surface area contributed by atoms with E-state index in [4.69, 9.17) is 0 Å². The van der Waals surface area contributed by atoms with Crippen LogP contribution in [0, 0.1) is 29.1 Å². The van der Waals surface area contributed by atoms with Crippen molar-refractivity contribution in [2.24, 2.45) is 0 Å². The third-order valence-corrected chi connectivity index (χ3v) is 3.34. The van der Waals surface area contributed by atoms with E-state index >= 15 is 0 Å². The van der Waals surface area contributed by atoms with E-state index in [1.165, 1.54) is 29.2 Å². The minimum atomic E-state index is -2.29. The van der Waals surface area contributed by atoms with Gasteiger partial charge in [-0.15, -0.1) is 5.10 Å². The lowest BCUT2D eigenvalue weighted by Gasteiger charge is -2.09. The van der Waals surface area contributed by atoms with Crippen LogP contribution in [0.5, 0.6) is 0 Å². The van der Waals surface area contributed by atoms with Gasteiger partial charge in [-0.25, -0.2) is 31.4 Å². The molecule has 0 bridgehead atoms. The van der Waals surface area contributed by atoms with Gasteiger partial charge in [-0.1, -0.05) is 6.07 Å². The highest BCUT2D eigenvalue weighted by molar-refractivity contribution is 5.90. The number of tetrazole rings is 1. The summed E-state index contributed by atoms with van der Waals surface area (Å²) < 4.78 is 72.3. The van der Waals surface area contributed by atoms with Crippen LogP contribution in [0.4, 0.5) is 22.0 Å². The minimum Gasteiger partial charge on any atom is -0.457 e. The predicted molar refractivity (Wildman–Crippen MR) is 74.5 cm³/mol. The number of ether oxygens (including phenoxy) is 1. The average Bonchev–Trinajstić information content (AvgIpc) is 3.19. The summed E-state index contributed by atoms with van der Waals surface area (Å²) in [6.07, 6.45) is 1.26. The molecule has 134 valence electrons. The van der Waals surface area contributed by atoms with E-state index < -0.39 is 47.2 Å². The predicted octanol–water partition coefficient (Wildman–Crippen LogP) is 2.71. The number of halogens is 5. The molecule has 3 rings (SSSR count). The molecule has 0 saturated heterocycles. The van der Waals surface area contributed by atoms with E-state index in [1.807, 2.05) is 0 Å². The molecule has 26 heavy (non-hydrogen) atoms. The summed E-state index contributed by atoms with van der Waals surface area (Å²) in [5, 5.41) is 10.5. The van der Waals surface area contributed by atoms with Gasteiger partial charge in [0, 0.05) is 0 Å². The lowest BCUT2D eigenvalue weighted by atomic mass is 10.1. The molecule has 0 radical (unpaired) electrons. The van der Waals surface area contributed by atoms with Crippen LogP contribution in [0.1, 0.15) is 15.9 Å². The number of benzene rings is 2. The Labute approximate surface area is 141 Å². The van der Waals surface area contributed by atoms with Crippen LogP contribution in [-0.2, 0) is 11.3 Å². The molecule has 3 aromatic rings. The molecule has 2 aromatic carbocycles. The van der Waals surface area contributed by atoms with Crippen LogP contribution in [0.15, 0.2) is 30.6 Å². The fourth-order valence-electron chi connectivity index (χ4n) is 2.05. The van der Waals surface area contributed by atoms with Crippen molar-refractivity contribution in [3.63, 3.8) is 0 Å². The third kappa shape index (κ3) is 3.10. The minimum absolute atomic E-state index is 0.0399. The second-order valence-corrected chi connectivity index (χ2v) is 4.93. The first kappa shape index (κ1) is 17.5. The van der Waals surface area contributed by atoms with E-state index in [0.29, 0.717) is 5.69 Å². The second-order valence-electron chi connectivity index (χ2n) is 4.93. The summed E-state index contributed by atoms with van der Waals surface area (Å²) in [6.45, 7) is -1.14. The Morgan fingerprint density at radius 1 is 1.00 bits per heavy atom. The van der Waals surface area contributed by atoms with Gasteiger partial charge in [0.1, 0.15) is 12.9 Å². The van der Waals surface area contributed by atoms with Crippen molar-refractivity contribution >= 4 is 5.97 Å². The molecule has 6 nitrogen and oxygen atoms in total. The van der Waals surface area contributed by atoms with Gasteiger partial charge in [0.05, 0.1) is 16.8 Å². The maximum atomic E-state index is 13.6. The topological polar surface area (TPSA) is 69.9 Å². The number of rotatable bonds is 4. The van der Waals surface area contributed by atoms with Crippen molar-refractivity contribution in [1.82, 2.24) is 20.2 Å². The molecule has 0 spiro atoms. The molecule has 0 aliphatic carbocycles. The molecule has 0 aliphatic rings. The maximum absolute atomic E-state index is 13.6. The van der Waals surface area contributed by atoms with E-state index in [-0.39, 0.29) is 5.56 Å². The van der Waals surface area contributed by atoms with Gasteiger partial charge in [-0.05, 0) is 28.6 Å². The largest absolute Gasteiger partial charge is 0.457 e. The Morgan fingerprint density at radius 3 is 2.27 bits per heavy atom. The Bertz CT molecular complexity index is 949. The lowest BCUT2D eigenvalue weighted by Crippen LogP contribution is -2.12. The molecule has 0 atom stereocenters. The van der Waals surface area contributed by atoms with Gasteiger partial charge < -0.3 is 4.74 Å². The highest BCUT2D eigenvalue weighted by atomic mass is 19.2. The Hall–Kier alpha value is -3.37. The molecule has 11 heteroatoms. The normalized spacial score (nSPS) is 10.8. The van der Waals surface area contributed by atoms with Gasteiger partial charge in [-0.3, -0.25) is 0 Å². The molecular formula is C15H7F5N4O2. The van der Waals surface area contributed by atoms with Crippen LogP contribution in [0.25, 0.3) is 5.69 Å². The van der Waals surface area contributed by atoms with Crippen molar-refractivity contribution in [1.29, 1.82) is 0 Å². The van der Waals surface area contributed by atoms with Crippen LogP contribution >= 0.6 is 0 Å². The molecule has 0 unspecified atom stereocenters. The smallest absolute Gasteiger partial charge is 0.338 e. The zero-order valence-corrected chi connectivity index (χ0v) is 12.6. The van der Waals surface area contributed by atoms with E-state index in [0.717, 1.165) is 0 Å². The van der Waals surface area contributed by atoms with E-state index in [1.54, 1.807) is 6.07 Å². The average molecular weight is 370 g/mol. The summed E-state index contributed by atoms with van der Waals surface area (Å²) in [4.78, 5) is 12.0. The molecule has 1 aromatic heterocycles. The Morgan fingerprint density at radius 2 is 1.65 bits per heavy atom. The molecule has 0 fully saturated rings. The number of carbonyl (C=O) groups is 1. The number of hydrogen-bond acceptors (Lipinski definition) is 5. The fraction of sp³-hybridized carbons (Fsp3) is 0.0667. The van der Waals surface area contributed by atoms with Gasteiger partial charge in [0.2, 0.25) is 5.82 Å². The second kappa shape index (κ2) is 6.86. The van der Waals surface area contributed by atoms with Crippen LogP contribution in [0.2, 0.25) is 0 Å². The van der Waals surface area contributed by atoms with Crippen molar-refractivity contribution in [3.8, 4) is 5.69 Å². The van der Waals surface area contributed by atoms with Gasteiger partial charge in [-0.2, -0.15) is 0 Å². The van der Waals surface area contributed by atoms with Crippen molar-refractivity contribution < 1.29 is 31.5 Å². The van der Waals surface area contributed by atoms with Crippen molar-refractivity contribution in [2.45, 2.75) is 6.61 Å². The van der Waals surface area contributed by atoms with E-state index in [9.17, 15) is 26.7 Å². The number of hydrogen-bond donors (Lipinski definition) is 0. The standard InChI is InChI=1S/C15H7F5N4O2/c16-10-9(11(17)13(19)14(20)12(10)18)5-26-15(25)7-2-1-3-8(4-7)24-6-21-22-23-24/h1-4,6H,5H2. The van der Waals surface area contributed by atoms with Crippen LogP contribution in [-0.4, -0.2) is 26.2 Å². The third-order valence-electron chi connectivity index (χ3n) is 3.34. The monoisotopic (exact) mass is 370 g/mol. The number of aromatic nitrogens is 4. The first-order valence-corrected chi connectivity index (χ1v) is 6.91. The van der Waals surface area contributed by atoms with Crippen molar-refractivity contribution in [2.75, 3.05) is 0 Å². The Balaban J connectivity index is 1.81. The summed E-state index contributed by atoms with van der Waals surface area (Å²) in [6, 6.07) is 5.68. The molecule has 0 N–H and O–H groups in total. The quantitative estimate of drug-likeness (QED) is 0.306. The van der Waals surface area contributed by atoms with Crippen LogP contribution in [0.3, 0.4) is 0 Å². The van der Waals surface area contributed by atoms with Crippen molar-refractivity contribution in [3.05, 3.63) is 70.8 Å². The maximum Gasteiger partial charge on any atom is 0.338 e. The highest BCUT2D eigenvalue weighted by Crippen LogP contribution is 2.24. The molecule has 1 heterocycles. The molecule has 0 saturated carbocycles. The zero-order chi connectivity index (χ0) is 18.8. The molecular weight excluding hydrogens is 363 g/mol. The van der Waals surface area contributed by atoms with Gasteiger partial charge in [0.25, 0.3) is 0 Å². The summed E-state index contributed by atoms with van der Waals surface area (Å²) in [5.41, 5.74) is -0.895. The van der Waals surface area contributed by atoms with Gasteiger partial charge in [0.15, 0.2) is 23.3 Å². The van der Waals surface area contributed by atoms with Gasteiger partial charge >= 0.3 is 5.97 Å². The molecule has 0 aliphatic heterocycles. The summed E-state index contributed by atoms with van der Waals surface area (Å²) >= 11 is 0. The number of nitrogens with zero attached hydrogens (tertiary/aromatic N) is 4.